The third kappa shape index (κ3) is 3.24. The Morgan fingerprint density at radius 3 is 2.82 bits per heavy atom. The molecule has 1 saturated carbocycles. The van der Waals surface area contributed by atoms with E-state index >= 15 is 0 Å². The molecule has 1 aliphatic rings. The van der Waals surface area contributed by atoms with Crippen LogP contribution in [-0.2, 0) is 4.79 Å². The van der Waals surface area contributed by atoms with Crippen molar-refractivity contribution in [3.05, 3.63) is 41.0 Å². The second-order valence-electron chi connectivity index (χ2n) is 5.75. The third-order valence-electron chi connectivity index (χ3n) is 4.25. The monoisotopic (exact) mass is 361 g/mol. The Hall–Kier alpha value is -1.62. The van der Waals surface area contributed by atoms with Crippen LogP contribution in [0.15, 0.2) is 41.0 Å². The highest BCUT2D eigenvalue weighted by Crippen LogP contribution is 2.33. The van der Waals surface area contributed by atoms with E-state index in [2.05, 4.69) is 49.2 Å². The van der Waals surface area contributed by atoms with Gasteiger partial charge < -0.3 is 5.32 Å². The van der Waals surface area contributed by atoms with Crippen LogP contribution in [0.2, 0.25) is 0 Å². The standard InChI is InChI=1S/C17H20BrN3O/c1-2-17(22)20-14-7-8-15(11-14)21-16(9-10-19-21)12-3-5-13(18)6-4-12/h3-6,9-10,14-15H,2,7-8,11H2,1H3,(H,20,22). The first-order valence-corrected chi connectivity index (χ1v) is 8.55. The molecule has 0 spiro atoms. The van der Waals surface area contributed by atoms with E-state index in [0.717, 1.165) is 29.4 Å². The molecule has 116 valence electrons. The molecule has 1 aromatic heterocycles. The summed E-state index contributed by atoms with van der Waals surface area (Å²) in [5.74, 6) is 0.138. The van der Waals surface area contributed by atoms with E-state index in [9.17, 15) is 4.79 Å². The quantitative estimate of drug-likeness (QED) is 0.896. The van der Waals surface area contributed by atoms with E-state index in [0.29, 0.717) is 12.5 Å². The van der Waals surface area contributed by atoms with Gasteiger partial charge in [0.2, 0.25) is 5.91 Å². The summed E-state index contributed by atoms with van der Waals surface area (Å²) < 4.78 is 3.19. The van der Waals surface area contributed by atoms with Crippen LogP contribution in [0.1, 0.15) is 38.6 Å². The molecule has 1 aromatic carbocycles. The highest BCUT2D eigenvalue weighted by atomic mass is 79.9. The molecule has 4 nitrogen and oxygen atoms in total. The summed E-state index contributed by atoms with van der Waals surface area (Å²) in [4.78, 5) is 11.5. The van der Waals surface area contributed by atoms with Gasteiger partial charge >= 0.3 is 0 Å². The molecule has 1 amide bonds. The van der Waals surface area contributed by atoms with E-state index in [1.807, 2.05) is 25.3 Å². The second-order valence-corrected chi connectivity index (χ2v) is 6.67. The predicted octanol–water partition coefficient (Wildman–Crippen LogP) is 3.93. The highest BCUT2D eigenvalue weighted by Gasteiger charge is 2.28. The topological polar surface area (TPSA) is 46.9 Å². The highest BCUT2D eigenvalue weighted by molar-refractivity contribution is 9.10. The summed E-state index contributed by atoms with van der Waals surface area (Å²) in [5, 5.41) is 7.62. The first kappa shape index (κ1) is 15.3. The zero-order valence-electron chi connectivity index (χ0n) is 12.6. The Morgan fingerprint density at radius 1 is 1.32 bits per heavy atom. The summed E-state index contributed by atoms with van der Waals surface area (Å²) >= 11 is 3.47. The van der Waals surface area contributed by atoms with Gasteiger partial charge in [-0.1, -0.05) is 35.0 Å². The number of hydrogen-bond acceptors (Lipinski definition) is 2. The normalized spacial score (nSPS) is 21.0. The molecule has 1 fully saturated rings. The summed E-state index contributed by atoms with van der Waals surface area (Å²) in [7, 11) is 0. The predicted molar refractivity (Wildman–Crippen MR) is 90.5 cm³/mol. The van der Waals surface area contributed by atoms with Crippen molar-refractivity contribution in [1.82, 2.24) is 15.1 Å². The van der Waals surface area contributed by atoms with E-state index in [-0.39, 0.29) is 11.9 Å². The minimum absolute atomic E-state index is 0.138. The SMILES string of the molecule is CCC(=O)NC1CCC(n2nccc2-c2ccc(Br)cc2)C1. The molecule has 3 rings (SSSR count). The fourth-order valence-electron chi connectivity index (χ4n) is 3.10. The van der Waals surface area contributed by atoms with E-state index < -0.39 is 0 Å². The average molecular weight is 362 g/mol. The number of carbonyl (C=O) groups is 1. The summed E-state index contributed by atoms with van der Waals surface area (Å²) in [6.45, 7) is 1.89. The Labute approximate surface area is 139 Å². The van der Waals surface area contributed by atoms with Crippen molar-refractivity contribution in [3.8, 4) is 11.3 Å². The molecule has 1 heterocycles. The van der Waals surface area contributed by atoms with Crippen molar-refractivity contribution in [2.75, 3.05) is 0 Å². The molecule has 22 heavy (non-hydrogen) atoms. The zero-order chi connectivity index (χ0) is 15.5. The van der Waals surface area contributed by atoms with Crippen molar-refractivity contribution in [2.24, 2.45) is 0 Å². The minimum atomic E-state index is 0.138. The summed E-state index contributed by atoms with van der Waals surface area (Å²) in [5.41, 5.74) is 2.31. The van der Waals surface area contributed by atoms with Crippen LogP contribution in [0.5, 0.6) is 0 Å². The van der Waals surface area contributed by atoms with Gasteiger partial charge in [-0.25, -0.2) is 0 Å². The molecule has 5 heteroatoms. The number of hydrogen-bond donors (Lipinski definition) is 1. The minimum Gasteiger partial charge on any atom is -0.353 e. The number of aromatic nitrogens is 2. The van der Waals surface area contributed by atoms with Crippen molar-refractivity contribution in [2.45, 2.75) is 44.7 Å². The van der Waals surface area contributed by atoms with E-state index in [1.165, 1.54) is 5.56 Å². The number of amides is 1. The Morgan fingerprint density at radius 2 is 2.09 bits per heavy atom. The molecular formula is C17H20BrN3O. The van der Waals surface area contributed by atoms with Crippen LogP contribution >= 0.6 is 15.9 Å². The first-order chi connectivity index (χ1) is 10.7. The van der Waals surface area contributed by atoms with Gasteiger partial charge in [0, 0.05) is 23.1 Å². The molecule has 0 bridgehead atoms. The van der Waals surface area contributed by atoms with Crippen LogP contribution in [0.25, 0.3) is 11.3 Å². The number of nitrogens with one attached hydrogen (secondary N) is 1. The molecular weight excluding hydrogens is 342 g/mol. The number of rotatable bonds is 4. The van der Waals surface area contributed by atoms with Crippen molar-refractivity contribution < 1.29 is 4.79 Å². The van der Waals surface area contributed by atoms with E-state index in [4.69, 9.17) is 0 Å². The third-order valence-corrected chi connectivity index (χ3v) is 4.78. The van der Waals surface area contributed by atoms with Gasteiger partial charge in [-0.05, 0) is 43.0 Å². The zero-order valence-corrected chi connectivity index (χ0v) is 14.2. The lowest BCUT2D eigenvalue weighted by molar-refractivity contribution is -0.121. The molecule has 0 aliphatic heterocycles. The molecule has 1 N–H and O–H groups in total. The number of halogens is 1. The van der Waals surface area contributed by atoms with Gasteiger partial charge in [0.25, 0.3) is 0 Å². The molecule has 0 radical (unpaired) electrons. The van der Waals surface area contributed by atoms with Crippen molar-refractivity contribution >= 4 is 21.8 Å². The Bertz CT molecular complexity index is 650. The number of carbonyl (C=O) groups excluding carboxylic acids is 1. The van der Waals surface area contributed by atoms with Crippen molar-refractivity contribution in [1.29, 1.82) is 0 Å². The van der Waals surface area contributed by atoms with Gasteiger partial charge in [-0.3, -0.25) is 9.48 Å². The average Bonchev–Trinajstić information content (AvgIpc) is 3.16. The Kier molecular flexibility index (Phi) is 4.62. The van der Waals surface area contributed by atoms with Gasteiger partial charge in [0.1, 0.15) is 0 Å². The fourth-order valence-corrected chi connectivity index (χ4v) is 3.36. The first-order valence-electron chi connectivity index (χ1n) is 7.76. The van der Waals surface area contributed by atoms with Gasteiger partial charge in [0.05, 0.1) is 11.7 Å². The van der Waals surface area contributed by atoms with Gasteiger partial charge in [-0.15, -0.1) is 0 Å². The molecule has 1 aliphatic carbocycles. The molecule has 2 aromatic rings. The van der Waals surface area contributed by atoms with Crippen molar-refractivity contribution in [3.63, 3.8) is 0 Å². The molecule has 2 atom stereocenters. The molecule has 0 saturated heterocycles. The lowest BCUT2D eigenvalue weighted by atomic mass is 10.1. The maximum Gasteiger partial charge on any atom is 0.219 e. The summed E-state index contributed by atoms with van der Waals surface area (Å²) in [6.07, 6.45) is 5.44. The molecule has 2 unspecified atom stereocenters. The Balaban J connectivity index is 1.75. The smallest absolute Gasteiger partial charge is 0.219 e. The lowest BCUT2D eigenvalue weighted by Gasteiger charge is -2.16. The van der Waals surface area contributed by atoms with Crippen LogP contribution in [-0.4, -0.2) is 21.7 Å². The van der Waals surface area contributed by atoms with Gasteiger partial charge in [0.15, 0.2) is 0 Å². The lowest BCUT2D eigenvalue weighted by Crippen LogP contribution is -2.32. The van der Waals surface area contributed by atoms with Crippen LogP contribution in [0.3, 0.4) is 0 Å². The second kappa shape index (κ2) is 6.65. The van der Waals surface area contributed by atoms with Gasteiger partial charge in [-0.2, -0.15) is 5.10 Å². The number of benzene rings is 1. The van der Waals surface area contributed by atoms with E-state index in [1.54, 1.807) is 0 Å². The van der Waals surface area contributed by atoms with Crippen LogP contribution in [0, 0.1) is 0 Å². The summed E-state index contributed by atoms with van der Waals surface area (Å²) in [6, 6.07) is 11.0. The number of nitrogens with zero attached hydrogens (tertiary/aromatic N) is 2. The van der Waals surface area contributed by atoms with Crippen LogP contribution in [0.4, 0.5) is 0 Å². The fraction of sp³-hybridized carbons (Fsp3) is 0.412. The maximum absolute atomic E-state index is 11.5. The largest absolute Gasteiger partial charge is 0.353 e. The maximum atomic E-state index is 11.5. The van der Waals surface area contributed by atoms with Crippen LogP contribution < -0.4 is 5.32 Å².